The molecule has 0 radical (unpaired) electrons. The van der Waals surface area contributed by atoms with Gasteiger partial charge in [0.25, 0.3) is 0 Å². The Bertz CT molecular complexity index is 752. The van der Waals surface area contributed by atoms with Crippen LogP contribution in [-0.4, -0.2) is 43.6 Å². The molecule has 1 atom stereocenters. The van der Waals surface area contributed by atoms with Crippen molar-refractivity contribution in [3.8, 4) is 28.7 Å². The molecule has 5 N–H and O–H groups in total. The summed E-state index contributed by atoms with van der Waals surface area (Å²) >= 11 is 0. The number of aromatic hydroxyl groups is 2. The second-order valence-corrected chi connectivity index (χ2v) is 6.03. The number of ether oxygens (including phenoxy) is 3. The molecule has 0 aromatic heterocycles. The van der Waals surface area contributed by atoms with E-state index in [2.05, 4.69) is 5.32 Å². The number of methoxy groups -OCH3 is 3. The van der Waals surface area contributed by atoms with Gasteiger partial charge in [0.15, 0.2) is 23.0 Å². The minimum Gasteiger partial charge on any atom is -0.504 e. The monoisotopic (exact) mass is 363 g/mol. The van der Waals surface area contributed by atoms with Crippen LogP contribution < -0.4 is 19.5 Å². The van der Waals surface area contributed by atoms with E-state index in [1.165, 1.54) is 0 Å². The van der Waals surface area contributed by atoms with Crippen LogP contribution in [0, 0.1) is 0 Å². The molecule has 0 bridgehead atoms. The minimum atomic E-state index is -0.0997. The summed E-state index contributed by atoms with van der Waals surface area (Å²) in [6, 6.07) is 7.17. The van der Waals surface area contributed by atoms with Gasteiger partial charge in [0.05, 0.1) is 21.3 Å². The molecule has 1 aliphatic rings. The van der Waals surface area contributed by atoms with Gasteiger partial charge in [-0.1, -0.05) is 0 Å². The lowest BCUT2D eigenvalue weighted by Gasteiger charge is -2.28. The average molecular weight is 363 g/mol. The summed E-state index contributed by atoms with van der Waals surface area (Å²) in [7, 11) is 4.76. The summed E-state index contributed by atoms with van der Waals surface area (Å²) in [5.74, 6) is 1.61. The van der Waals surface area contributed by atoms with E-state index in [1.54, 1.807) is 33.5 Å². The highest BCUT2D eigenvalue weighted by Crippen LogP contribution is 2.40. The molecular weight excluding hydrogens is 338 g/mol. The normalized spacial score (nSPS) is 15.6. The van der Waals surface area contributed by atoms with Crippen molar-refractivity contribution in [2.24, 2.45) is 0 Å². The van der Waals surface area contributed by atoms with Gasteiger partial charge in [-0.2, -0.15) is 0 Å². The third kappa shape index (κ3) is 3.63. The predicted octanol–water partition coefficient (Wildman–Crippen LogP) is 1.73. The predicted molar refractivity (Wildman–Crippen MR) is 97.6 cm³/mol. The highest BCUT2D eigenvalue weighted by Gasteiger charge is 2.23. The molecule has 0 saturated heterocycles. The quantitative estimate of drug-likeness (QED) is 0.698. The van der Waals surface area contributed by atoms with E-state index in [9.17, 15) is 10.2 Å². The van der Waals surface area contributed by atoms with Crippen molar-refractivity contribution in [1.82, 2.24) is 5.32 Å². The summed E-state index contributed by atoms with van der Waals surface area (Å²) in [5.41, 5.74) is 3.06. The molecule has 3 rings (SSSR count). The first-order chi connectivity index (χ1) is 12.1. The number of hydrogen-bond donors (Lipinski definition) is 3. The maximum atomic E-state index is 9.86. The fourth-order valence-corrected chi connectivity index (χ4v) is 3.34. The second kappa shape index (κ2) is 8.16. The van der Waals surface area contributed by atoms with Crippen LogP contribution in [0.2, 0.25) is 0 Å². The first-order valence-corrected chi connectivity index (χ1v) is 8.14. The van der Waals surface area contributed by atoms with Crippen LogP contribution in [0.3, 0.4) is 0 Å². The molecule has 26 heavy (non-hydrogen) atoms. The Balaban J connectivity index is 0.00000243. The van der Waals surface area contributed by atoms with Crippen molar-refractivity contribution in [2.45, 2.75) is 18.9 Å². The fourth-order valence-electron chi connectivity index (χ4n) is 3.34. The van der Waals surface area contributed by atoms with Crippen molar-refractivity contribution in [3.63, 3.8) is 0 Å². The summed E-state index contributed by atoms with van der Waals surface area (Å²) in [4.78, 5) is 0. The molecule has 142 valence electrons. The minimum absolute atomic E-state index is 0. The van der Waals surface area contributed by atoms with Crippen molar-refractivity contribution in [3.05, 3.63) is 41.0 Å². The Kier molecular flexibility index (Phi) is 6.18. The average Bonchev–Trinajstić information content (AvgIpc) is 2.62. The number of phenolic OH excluding ortho intramolecular Hbond substituents is 2. The van der Waals surface area contributed by atoms with Crippen molar-refractivity contribution in [2.75, 3.05) is 27.9 Å². The lowest BCUT2D eigenvalue weighted by Crippen LogP contribution is -2.31. The molecule has 1 heterocycles. The van der Waals surface area contributed by atoms with Crippen LogP contribution in [0.4, 0.5) is 0 Å². The molecular formula is C19H25NO6. The SMILES string of the molecule is COc1cc(CC2NCCc3cc(O)c(O)cc32)cc(OC)c1OC.O. The summed E-state index contributed by atoms with van der Waals surface area (Å²) in [5, 5.41) is 23.1. The number of fused-ring (bicyclic) bond motifs is 1. The first kappa shape index (κ1) is 19.7. The van der Waals surface area contributed by atoms with E-state index in [0.29, 0.717) is 23.7 Å². The van der Waals surface area contributed by atoms with E-state index in [-0.39, 0.29) is 23.0 Å². The first-order valence-electron chi connectivity index (χ1n) is 8.14. The maximum absolute atomic E-state index is 9.86. The van der Waals surface area contributed by atoms with Gasteiger partial charge in [-0.25, -0.2) is 0 Å². The molecule has 0 aliphatic carbocycles. The highest BCUT2D eigenvalue weighted by molar-refractivity contribution is 5.54. The van der Waals surface area contributed by atoms with Crippen LogP contribution in [0.5, 0.6) is 28.7 Å². The third-order valence-corrected chi connectivity index (χ3v) is 4.56. The van der Waals surface area contributed by atoms with E-state index >= 15 is 0 Å². The zero-order valence-electron chi connectivity index (χ0n) is 15.1. The number of hydrogen-bond acceptors (Lipinski definition) is 6. The van der Waals surface area contributed by atoms with Crippen molar-refractivity contribution in [1.29, 1.82) is 0 Å². The fraction of sp³-hybridized carbons (Fsp3) is 0.368. The second-order valence-electron chi connectivity index (χ2n) is 6.03. The highest BCUT2D eigenvalue weighted by atomic mass is 16.5. The van der Waals surface area contributed by atoms with E-state index < -0.39 is 0 Å². The zero-order chi connectivity index (χ0) is 18.0. The molecule has 0 amide bonds. The lowest BCUT2D eigenvalue weighted by atomic mass is 9.89. The van der Waals surface area contributed by atoms with Crippen LogP contribution in [0.15, 0.2) is 24.3 Å². The smallest absolute Gasteiger partial charge is 0.203 e. The molecule has 2 aromatic rings. The van der Waals surface area contributed by atoms with Gasteiger partial charge in [0, 0.05) is 6.04 Å². The van der Waals surface area contributed by atoms with Gasteiger partial charge in [-0.05, 0) is 60.3 Å². The molecule has 0 saturated carbocycles. The molecule has 0 fully saturated rings. The van der Waals surface area contributed by atoms with Gasteiger partial charge in [0.1, 0.15) is 0 Å². The Labute approximate surface area is 152 Å². The largest absolute Gasteiger partial charge is 0.504 e. The Morgan fingerprint density at radius 2 is 1.58 bits per heavy atom. The summed E-state index contributed by atoms with van der Waals surface area (Å²) in [6.07, 6.45) is 1.50. The number of benzene rings is 2. The van der Waals surface area contributed by atoms with Gasteiger partial charge in [-0.3, -0.25) is 0 Å². The standard InChI is InChI=1S/C19H23NO5.H2O/c1-23-17-7-11(8-18(24-2)19(17)25-3)6-14-13-10-16(22)15(21)9-12(13)4-5-20-14;/h7-10,14,20-22H,4-6H2,1-3H3;1H2. The molecule has 1 aliphatic heterocycles. The topological polar surface area (TPSA) is 112 Å². The van der Waals surface area contributed by atoms with Crippen molar-refractivity contribution < 1.29 is 29.9 Å². The third-order valence-electron chi connectivity index (χ3n) is 4.56. The number of nitrogens with one attached hydrogen (secondary N) is 1. The van der Waals surface area contributed by atoms with Gasteiger partial charge >= 0.3 is 0 Å². The number of phenols is 2. The molecule has 2 aromatic carbocycles. The van der Waals surface area contributed by atoms with Crippen LogP contribution in [0.25, 0.3) is 0 Å². The Morgan fingerprint density at radius 1 is 0.962 bits per heavy atom. The maximum Gasteiger partial charge on any atom is 0.203 e. The summed E-state index contributed by atoms with van der Waals surface area (Å²) in [6.45, 7) is 0.812. The van der Waals surface area contributed by atoms with Gasteiger partial charge in [0.2, 0.25) is 5.75 Å². The molecule has 0 spiro atoms. The van der Waals surface area contributed by atoms with Gasteiger partial charge in [-0.15, -0.1) is 0 Å². The van der Waals surface area contributed by atoms with Crippen LogP contribution in [-0.2, 0) is 12.8 Å². The number of rotatable bonds is 5. The zero-order valence-corrected chi connectivity index (χ0v) is 15.1. The van der Waals surface area contributed by atoms with Crippen LogP contribution >= 0.6 is 0 Å². The molecule has 1 unspecified atom stereocenters. The van der Waals surface area contributed by atoms with E-state index in [1.807, 2.05) is 12.1 Å². The van der Waals surface area contributed by atoms with E-state index in [4.69, 9.17) is 14.2 Å². The van der Waals surface area contributed by atoms with Crippen molar-refractivity contribution >= 4 is 0 Å². The van der Waals surface area contributed by atoms with E-state index in [0.717, 1.165) is 29.7 Å². The molecule has 7 nitrogen and oxygen atoms in total. The Hall–Kier alpha value is -2.64. The Morgan fingerprint density at radius 3 is 2.15 bits per heavy atom. The molecule has 7 heteroatoms. The van der Waals surface area contributed by atoms with Gasteiger partial charge < -0.3 is 35.2 Å². The lowest BCUT2D eigenvalue weighted by molar-refractivity contribution is 0.323. The van der Waals surface area contributed by atoms with Crippen LogP contribution in [0.1, 0.15) is 22.7 Å². The summed E-state index contributed by atoms with van der Waals surface area (Å²) < 4.78 is 16.2.